The zero-order valence-electron chi connectivity index (χ0n) is 13.6. The molecule has 0 spiro atoms. The van der Waals surface area contributed by atoms with Crippen molar-refractivity contribution in [1.29, 1.82) is 0 Å². The van der Waals surface area contributed by atoms with Crippen molar-refractivity contribution >= 4 is 33.5 Å². The van der Waals surface area contributed by atoms with Gasteiger partial charge < -0.3 is 10.6 Å². The molecule has 2 heterocycles. The van der Waals surface area contributed by atoms with Crippen molar-refractivity contribution in [3.05, 3.63) is 52.6 Å². The number of hydrogen-bond acceptors (Lipinski definition) is 3. The summed E-state index contributed by atoms with van der Waals surface area (Å²) in [5.74, 6) is 0.442. The van der Waals surface area contributed by atoms with E-state index in [1.165, 1.54) is 11.0 Å². The molecule has 2 aromatic rings. The Labute approximate surface area is 156 Å². The number of urea groups is 1. The Hall–Kier alpha value is -2.29. The largest absolute Gasteiger partial charge is 0.417 e. The number of alkyl halides is 3. The first-order chi connectivity index (χ1) is 12.3. The number of primary amides is 1. The third kappa shape index (κ3) is 3.77. The first-order valence-corrected chi connectivity index (χ1v) is 8.68. The van der Waals surface area contributed by atoms with Crippen LogP contribution in [0.25, 0.3) is 0 Å². The van der Waals surface area contributed by atoms with Crippen LogP contribution in [0.15, 0.2) is 47.1 Å². The van der Waals surface area contributed by atoms with Crippen molar-refractivity contribution < 1.29 is 18.0 Å². The van der Waals surface area contributed by atoms with Gasteiger partial charge in [0.05, 0.1) is 17.3 Å². The number of carbonyl (C=O) groups is 1. The second kappa shape index (κ2) is 7.14. The van der Waals surface area contributed by atoms with Crippen molar-refractivity contribution in [1.82, 2.24) is 4.98 Å². The van der Waals surface area contributed by atoms with E-state index in [4.69, 9.17) is 5.73 Å². The fourth-order valence-corrected chi connectivity index (χ4v) is 3.52. The Morgan fingerprint density at radius 2 is 2.00 bits per heavy atom. The number of carbonyl (C=O) groups excluding carboxylic acids is 1. The molecule has 0 aliphatic carbocycles. The molecule has 1 saturated heterocycles. The molecule has 0 radical (unpaired) electrons. The first kappa shape index (κ1) is 18.5. The van der Waals surface area contributed by atoms with Gasteiger partial charge in [0.15, 0.2) is 0 Å². The number of pyridine rings is 1. The lowest BCUT2D eigenvalue weighted by Crippen LogP contribution is -2.45. The Balaban J connectivity index is 1.78. The highest BCUT2D eigenvalue weighted by Crippen LogP contribution is 2.32. The zero-order chi connectivity index (χ0) is 18.9. The van der Waals surface area contributed by atoms with E-state index in [2.05, 4.69) is 20.9 Å². The molecule has 1 unspecified atom stereocenters. The summed E-state index contributed by atoms with van der Waals surface area (Å²) in [6, 6.07) is 8.82. The second-order valence-electron chi connectivity index (χ2n) is 5.95. The molecule has 9 heteroatoms. The van der Waals surface area contributed by atoms with E-state index in [0.29, 0.717) is 31.0 Å². The van der Waals surface area contributed by atoms with E-state index >= 15 is 0 Å². The molecule has 0 bridgehead atoms. The Kier molecular flexibility index (Phi) is 5.08. The summed E-state index contributed by atoms with van der Waals surface area (Å²) >= 11 is 3.42. The molecule has 2 N–H and O–H groups in total. The zero-order valence-corrected chi connectivity index (χ0v) is 15.2. The van der Waals surface area contributed by atoms with Crippen LogP contribution >= 0.6 is 15.9 Å². The highest BCUT2D eigenvalue weighted by molar-refractivity contribution is 9.10. The van der Waals surface area contributed by atoms with Crippen molar-refractivity contribution in [3.8, 4) is 0 Å². The van der Waals surface area contributed by atoms with Crippen molar-refractivity contribution in [2.75, 3.05) is 22.9 Å². The average molecular weight is 429 g/mol. The number of halogens is 4. The molecule has 1 aromatic carbocycles. The molecular weight excluding hydrogens is 413 g/mol. The van der Waals surface area contributed by atoms with Gasteiger partial charge >= 0.3 is 12.2 Å². The molecule has 1 fully saturated rings. The summed E-state index contributed by atoms with van der Waals surface area (Å²) < 4.78 is 38.7. The standard InChI is InChI=1S/C17H16BrF3N4O/c18-13-3-1-2-4-14(13)25(16(22)26)12-7-8-24(10-12)15-6-5-11(9-23-15)17(19,20)21/h1-6,9,12H,7-8,10H2,(H2,22,26). The van der Waals surface area contributed by atoms with Crippen molar-refractivity contribution in [3.63, 3.8) is 0 Å². The van der Waals surface area contributed by atoms with Gasteiger partial charge in [-0.3, -0.25) is 4.90 Å². The predicted molar refractivity (Wildman–Crippen MR) is 96.1 cm³/mol. The maximum atomic E-state index is 12.7. The number of aromatic nitrogens is 1. The van der Waals surface area contributed by atoms with E-state index in [-0.39, 0.29) is 6.04 Å². The van der Waals surface area contributed by atoms with Crippen LogP contribution < -0.4 is 15.5 Å². The summed E-state index contributed by atoms with van der Waals surface area (Å²) in [5.41, 5.74) is 5.45. The number of anilines is 2. The maximum absolute atomic E-state index is 12.7. The molecule has 2 amide bonds. The highest BCUT2D eigenvalue weighted by atomic mass is 79.9. The molecular formula is C17H16BrF3N4O. The van der Waals surface area contributed by atoms with Crippen LogP contribution in [0.4, 0.5) is 29.5 Å². The molecule has 3 rings (SSSR count). The monoisotopic (exact) mass is 428 g/mol. The van der Waals surface area contributed by atoms with Crippen LogP contribution in [0.5, 0.6) is 0 Å². The van der Waals surface area contributed by atoms with Crippen molar-refractivity contribution in [2.24, 2.45) is 5.73 Å². The van der Waals surface area contributed by atoms with Crippen LogP contribution in [0.3, 0.4) is 0 Å². The van der Waals surface area contributed by atoms with E-state index in [1.807, 2.05) is 17.0 Å². The molecule has 5 nitrogen and oxygen atoms in total. The molecule has 1 aliphatic heterocycles. The topological polar surface area (TPSA) is 62.5 Å². The van der Waals surface area contributed by atoms with Crippen LogP contribution in [0.2, 0.25) is 0 Å². The minimum absolute atomic E-state index is 0.199. The van der Waals surface area contributed by atoms with Crippen LogP contribution in [-0.4, -0.2) is 30.1 Å². The lowest BCUT2D eigenvalue weighted by atomic mass is 10.2. The molecule has 1 aromatic heterocycles. The van der Waals surface area contributed by atoms with E-state index in [1.54, 1.807) is 12.1 Å². The Bertz CT molecular complexity index is 797. The fraction of sp³-hybridized carbons (Fsp3) is 0.294. The minimum Gasteiger partial charge on any atom is -0.354 e. The van der Waals surface area contributed by atoms with E-state index < -0.39 is 17.8 Å². The Morgan fingerprint density at radius 3 is 2.58 bits per heavy atom. The summed E-state index contributed by atoms with van der Waals surface area (Å²) in [6.45, 7) is 1.000. The lowest BCUT2D eigenvalue weighted by molar-refractivity contribution is -0.137. The van der Waals surface area contributed by atoms with Crippen LogP contribution in [0, 0.1) is 0 Å². The number of amides is 2. The van der Waals surface area contributed by atoms with Gasteiger partial charge in [-0.05, 0) is 46.6 Å². The normalized spacial score (nSPS) is 17.4. The number of rotatable bonds is 3. The lowest BCUT2D eigenvalue weighted by Gasteiger charge is -2.28. The van der Waals surface area contributed by atoms with Gasteiger partial charge in [0.1, 0.15) is 5.82 Å². The number of benzene rings is 1. The second-order valence-corrected chi connectivity index (χ2v) is 6.81. The molecule has 1 aliphatic rings. The summed E-state index contributed by atoms with van der Waals surface area (Å²) in [4.78, 5) is 19.3. The molecule has 1 atom stereocenters. The Morgan fingerprint density at radius 1 is 1.27 bits per heavy atom. The third-order valence-electron chi connectivity index (χ3n) is 4.28. The summed E-state index contributed by atoms with van der Waals surface area (Å²) in [6.07, 6.45) is -2.96. The summed E-state index contributed by atoms with van der Waals surface area (Å²) in [7, 11) is 0. The van der Waals surface area contributed by atoms with Crippen molar-refractivity contribution in [2.45, 2.75) is 18.6 Å². The van der Waals surface area contributed by atoms with Gasteiger partial charge in [-0.2, -0.15) is 13.2 Å². The minimum atomic E-state index is -4.42. The van der Waals surface area contributed by atoms with E-state index in [9.17, 15) is 18.0 Å². The number of para-hydroxylation sites is 1. The molecule has 138 valence electrons. The van der Waals surface area contributed by atoms with Gasteiger partial charge in [-0.1, -0.05) is 12.1 Å². The smallest absolute Gasteiger partial charge is 0.354 e. The molecule has 26 heavy (non-hydrogen) atoms. The third-order valence-corrected chi connectivity index (χ3v) is 4.95. The van der Waals surface area contributed by atoms with Gasteiger partial charge in [0.2, 0.25) is 0 Å². The van der Waals surface area contributed by atoms with Gasteiger partial charge in [-0.25, -0.2) is 9.78 Å². The van der Waals surface area contributed by atoms with Crippen LogP contribution in [0.1, 0.15) is 12.0 Å². The van der Waals surface area contributed by atoms with Gasteiger partial charge in [-0.15, -0.1) is 0 Å². The van der Waals surface area contributed by atoms with E-state index in [0.717, 1.165) is 16.7 Å². The number of hydrogen-bond donors (Lipinski definition) is 1. The molecule has 0 saturated carbocycles. The maximum Gasteiger partial charge on any atom is 0.417 e. The first-order valence-electron chi connectivity index (χ1n) is 7.89. The van der Waals surface area contributed by atoms with Gasteiger partial charge in [0.25, 0.3) is 0 Å². The average Bonchev–Trinajstić information content (AvgIpc) is 3.05. The quantitative estimate of drug-likeness (QED) is 0.802. The van der Waals surface area contributed by atoms with Gasteiger partial charge in [0, 0.05) is 23.8 Å². The number of nitrogens with zero attached hydrogens (tertiary/aromatic N) is 3. The summed E-state index contributed by atoms with van der Waals surface area (Å²) in [5, 5.41) is 0. The predicted octanol–water partition coefficient (Wildman–Crippen LogP) is 4.03. The fourth-order valence-electron chi connectivity index (χ4n) is 3.04. The van der Waals surface area contributed by atoms with Crippen LogP contribution in [-0.2, 0) is 6.18 Å². The SMILES string of the molecule is NC(=O)N(c1ccccc1Br)C1CCN(c2ccc(C(F)(F)F)cn2)C1. The highest BCUT2D eigenvalue weighted by Gasteiger charge is 2.34. The number of nitrogens with two attached hydrogens (primary N) is 1.